The summed E-state index contributed by atoms with van der Waals surface area (Å²) in [6, 6.07) is 2.93. The van der Waals surface area contributed by atoms with E-state index in [0.717, 1.165) is 36.9 Å². The summed E-state index contributed by atoms with van der Waals surface area (Å²) in [5.41, 5.74) is 0. The summed E-state index contributed by atoms with van der Waals surface area (Å²) in [5.74, 6) is -1.07. The number of unbranched alkanes of at least 4 members (excludes halogenated alkanes) is 3. The number of hydrogen-bond donors (Lipinski definition) is 2. The van der Waals surface area contributed by atoms with Gasteiger partial charge in [-0.25, -0.2) is 8.42 Å². The number of nitrogens with one attached hydrogen (secondary N) is 1. The van der Waals surface area contributed by atoms with Crippen LogP contribution in [-0.2, 0) is 14.6 Å². The number of thiophene rings is 1. The molecule has 8 heteroatoms. The second kappa shape index (κ2) is 8.14. The molecule has 0 aliphatic carbocycles. The highest BCUT2D eigenvalue weighted by molar-refractivity contribution is 7.92. The third kappa shape index (κ3) is 6.72. The minimum absolute atomic E-state index is 0.176. The first-order valence-electron chi connectivity index (χ1n) is 6.60. The molecule has 118 valence electrons. The van der Waals surface area contributed by atoms with Gasteiger partial charge in [-0.2, -0.15) is 0 Å². The van der Waals surface area contributed by atoms with Crippen LogP contribution in [0, 0.1) is 0 Å². The maximum atomic E-state index is 11.8. The average Bonchev–Trinajstić information content (AvgIpc) is 2.86. The van der Waals surface area contributed by atoms with Crippen molar-refractivity contribution >= 4 is 33.1 Å². The summed E-state index contributed by atoms with van der Waals surface area (Å²) in [6.45, 7) is 0.498. The predicted molar refractivity (Wildman–Crippen MR) is 80.5 cm³/mol. The summed E-state index contributed by atoms with van der Waals surface area (Å²) in [6.07, 6.45) is 4.38. The van der Waals surface area contributed by atoms with Gasteiger partial charge in [-0.15, -0.1) is 11.3 Å². The summed E-state index contributed by atoms with van der Waals surface area (Å²) in [4.78, 5) is 22.5. The molecule has 6 nitrogen and oxygen atoms in total. The SMILES string of the molecule is CS(=O)(=O)c1ccc(C(=O)NCCCCCCC(=O)O)s1. The molecule has 0 aliphatic heterocycles. The van der Waals surface area contributed by atoms with Crippen LogP contribution in [0.5, 0.6) is 0 Å². The number of hydrogen-bond acceptors (Lipinski definition) is 5. The van der Waals surface area contributed by atoms with Gasteiger partial charge in [-0.05, 0) is 25.0 Å². The van der Waals surface area contributed by atoms with Crippen LogP contribution in [0.1, 0.15) is 41.8 Å². The van der Waals surface area contributed by atoms with Gasteiger partial charge in [0.2, 0.25) is 0 Å². The molecule has 0 radical (unpaired) electrons. The van der Waals surface area contributed by atoms with Gasteiger partial charge < -0.3 is 10.4 Å². The molecule has 21 heavy (non-hydrogen) atoms. The first kappa shape index (κ1) is 17.6. The quantitative estimate of drug-likeness (QED) is 0.672. The lowest BCUT2D eigenvalue weighted by Crippen LogP contribution is -2.23. The van der Waals surface area contributed by atoms with Crippen LogP contribution in [0.2, 0.25) is 0 Å². The molecule has 0 atom stereocenters. The van der Waals surface area contributed by atoms with Crippen LogP contribution in [0.25, 0.3) is 0 Å². The fourth-order valence-corrected chi connectivity index (χ4v) is 3.53. The van der Waals surface area contributed by atoms with Crippen molar-refractivity contribution in [2.24, 2.45) is 0 Å². The van der Waals surface area contributed by atoms with E-state index < -0.39 is 15.8 Å². The van der Waals surface area contributed by atoms with E-state index in [1.807, 2.05) is 0 Å². The lowest BCUT2D eigenvalue weighted by molar-refractivity contribution is -0.137. The van der Waals surface area contributed by atoms with Crippen molar-refractivity contribution in [1.29, 1.82) is 0 Å². The number of amides is 1. The van der Waals surface area contributed by atoms with Crippen LogP contribution in [0.3, 0.4) is 0 Å². The third-order valence-corrected chi connectivity index (χ3v) is 5.68. The van der Waals surface area contributed by atoms with E-state index in [2.05, 4.69) is 5.32 Å². The molecular formula is C13H19NO5S2. The Morgan fingerprint density at radius 2 is 1.86 bits per heavy atom. The second-order valence-corrected chi connectivity index (χ2v) is 8.03. The van der Waals surface area contributed by atoms with Gasteiger partial charge in [-0.3, -0.25) is 9.59 Å². The summed E-state index contributed by atoms with van der Waals surface area (Å²) < 4.78 is 22.8. The first-order chi connectivity index (χ1) is 9.80. The molecule has 1 rings (SSSR count). The third-order valence-electron chi connectivity index (χ3n) is 2.77. The number of carboxylic acids is 1. The highest BCUT2D eigenvalue weighted by Gasteiger charge is 2.14. The van der Waals surface area contributed by atoms with Crippen molar-refractivity contribution in [2.45, 2.75) is 36.3 Å². The van der Waals surface area contributed by atoms with Gasteiger partial charge in [0, 0.05) is 19.2 Å². The first-order valence-corrected chi connectivity index (χ1v) is 9.31. The molecule has 1 heterocycles. The predicted octanol–water partition coefficient (Wildman–Crippen LogP) is 1.92. The molecule has 0 aliphatic rings. The van der Waals surface area contributed by atoms with Crippen molar-refractivity contribution < 1.29 is 23.1 Å². The topological polar surface area (TPSA) is 101 Å². The van der Waals surface area contributed by atoms with Gasteiger partial charge in [0.15, 0.2) is 9.84 Å². The standard InChI is InChI=1S/C13H19NO5S2/c1-21(18,19)12-8-7-10(20-12)13(17)14-9-5-3-2-4-6-11(15)16/h7-8H,2-6,9H2,1H3,(H,14,17)(H,15,16). The van der Waals surface area contributed by atoms with Crippen molar-refractivity contribution in [3.63, 3.8) is 0 Å². The summed E-state index contributed by atoms with van der Waals surface area (Å²) in [7, 11) is -3.27. The minimum Gasteiger partial charge on any atom is -0.481 e. The Balaban J connectivity index is 2.25. The summed E-state index contributed by atoms with van der Waals surface area (Å²) >= 11 is 0.958. The van der Waals surface area contributed by atoms with Gasteiger partial charge in [-0.1, -0.05) is 12.8 Å². The van der Waals surface area contributed by atoms with Crippen molar-refractivity contribution in [2.75, 3.05) is 12.8 Å². The molecule has 1 aromatic rings. The maximum absolute atomic E-state index is 11.8. The van der Waals surface area contributed by atoms with Crippen molar-refractivity contribution in [3.05, 3.63) is 17.0 Å². The highest BCUT2D eigenvalue weighted by Crippen LogP contribution is 2.21. The normalized spacial score (nSPS) is 11.3. The van der Waals surface area contributed by atoms with E-state index in [-0.39, 0.29) is 16.5 Å². The minimum atomic E-state index is -3.27. The van der Waals surface area contributed by atoms with E-state index in [9.17, 15) is 18.0 Å². The monoisotopic (exact) mass is 333 g/mol. The fourth-order valence-electron chi connectivity index (χ4n) is 1.69. The molecular weight excluding hydrogens is 314 g/mol. The molecule has 0 unspecified atom stereocenters. The Hall–Kier alpha value is -1.41. The van der Waals surface area contributed by atoms with Gasteiger partial charge in [0.25, 0.3) is 5.91 Å². The van der Waals surface area contributed by atoms with E-state index in [1.54, 1.807) is 0 Å². The fraction of sp³-hybridized carbons (Fsp3) is 0.538. The Morgan fingerprint density at radius 3 is 2.43 bits per heavy atom. The number of carbonyl (C=O) groups is 2. The Morgan fingerprint density at radius 1 is 1.19 bits per heavy atom. The number of carboxylic acid groups (broad SMARTS) is 1. The zero-order valence-electron chi connectivity index (χ0n) is 11.8. The second-order valence-electron chi connectivity index (χ2n) is 4.70. The summed E-state index contributed by atoms with van der Waals surface area (Å²) in [5, 5.41) is 11.2. The molecule has 1 amide bonds. The van der Waals surface area contributed by atoms with Crippen LogP contribution in [-0.4, -0.2) is 38.2 Å². The molecule has 0 saturated heterocycles. The zero-order valence-corrected chi connectivity index (χ0v) is 13.4. The van der Waals surface area contributed by atoms with Crippen molar-refractivity contribution in [1.82, 2.24) is 5.32 Å². The van der Waals surface area contributed by atoms with E-state index in [4.69, 9.17) is 5.11 Å². The number of carbonyl (C=O) groups excluding carboxylic acids is 1. The molecule has 0 saturated carbocycles. The van der Waals surface area contributed by atoms with Gasteiger partial charge in [0.1, 0.15) is 4.21 Å². The smallest absolute Gasteiger partial charge is 0.303 e. The largest absolute Gasteiger partial charge is 0.481 e. The van der Waals surface area contributed by atoms with E-state index in [0.29, 0.717) is 17.8 Å². The van der Waals surface area contributed by atoms with Crippen LogP contribution >= 0.6 is 11.3 Å². The molecule has 0 spiro atoms. The Kier molecular flexibility index (Phi) is 6.83. The Bertz CT molecular complexity index is 591. The molecule has 0 aromatic carbocycles. The maximum Gasteiger partial charge on any atom is 0.303 e. The Labute approximate surface area is 128 Å². The number of rotatable bonds is 9. The van der Waals surface area contributed by atoms with Crippen LogP contribution in [0.15, 0.2) is 16.3 Å². The number of aliphatic carboxylic acids is 1. The number of sulfone groups is 1. The lowest BCUT2D eigenvalue weighted by Gasteiger charge is -2.03. The van der Waals surface area contributed by atoms with Gasteiger partial charge >= 0.3 is 5.97 Å². The molecule has 1 aromatic heterocycles. The van der Waals surface area contributed by atoms with Gasteiger partial charge in [0.05, 0.1) is 4.88 Å². The molecule has 2 N–H and O–H groups in total. The van der Waals surface area contributed by atoms with Crippen LogP contribution in [0.4, 0.5) is 0 Å². The molecule has 0 fully saturated rings. The van der Waals surface area contributed by atoms with Crippen molar-refractivity contribution in [3.8, 4) is 0 Å². The van der Waals surface area contributed by atoms with E-state index >= 15 is 0 Å². The lowest BCUT2D eigenvalue weighted by atomic mass is 10.1. The molecule has 0 bridgehead atoms. The zero-order chi connectivity index (χ0) is 15.9. The highest BCUT2D eigenvalue weighted by atomic mass is 32.2. The van der Waals surface area contributed by atoms with E-state index in [1.165, 1.54) is 12.1 Å². The average molecular weight is 333 g/mol. The van der Waals surface area contributed by atoms with Crippen LogP contribution < -0.4 is 5.32 Å².